The van der Waals surface area contributed by atoms with Crippen LogP contribution in [0, 0.1) is 0 Å². The van der Waals surface area contributed by atoms with Crippen molar-refractivity contribution in [3.8, 4) is 0 Å². The molecule has 228 valence electrons. The summed E-state index contributed by atoms with van der Waals surface area (Å²) >= 11 is 0. The molecule has 3 N–H and O–H groups in total. The molecule has 2 aromatic carbocycles. The van der Waals surface area contributed by atoms with Gasteiger partial charge in [0.15, 0.2) is 0 Å². The summed E-state index contributed by atoms with van der Waals surface area (Å²) < 4.78 is 10.7. The molecule has 2 aliphatic heterocycles. The van der Waals surface area contributed by atoms with Crippen LogP contribution in [-0.4, -0.2) is 83.9 Å². The largest absolute Gasteiger partial charge is 0.467 e. The zero-order valence-corrected chi connectivity index (χ0v) is 24.8. The molecular formula is C31H36N4O8. The highest BCUT2D eigenvalue weighted by Crippen LogP contribution is 2.26. The molecule has 12 nitrogen and oxygen atoms in total. The lowest BCUT2D eigenvalue weighted by Crippen LogP contribution is -2.59. The Kier molecular flexibility index (Phi) is 9.29. The summed E-state index contributed by atoms with van der Waals surface area (Å²) in [6.45, 7) is 6.55. The number of amides is 5. The fourth-order valence-electron chi connectivity index (χ4n) is 4.93. The molecule has 0 radical (unpaired) electrons. The van der Waals surface area contributed by atoms with Gasteiger partial charge in [-0.3, -0.25) is 28.9 Å². The van der Waals surface area contributed by atoms with Crippen molar-refractivity contribution in [2.75, 3.05) is 13.7 Å². The fraction of sp³-hybridized carbons (Fsp3) is 0.419. The molecule has 0 spiro atoms. The molecule has 2 heterocycles. The summed E-state index contributed by atoms with van der Waals surface area (Å²) in [5.74, 6) is -4.05. The third kappa shape index (κ3) is 7.26. The quantitative estimate of drug-likeness (QED) is 0.349. The van der Waals surface area contributed by atoms with Crippen LogP contribution < -0.4 is 16.0 Å². The minimum Gasteiger partial charge on any atom is -0.467 e. The van der Waals surface area contributed by atoms with Crippen LogP contribution in [0.25, 0.3) is 0 Å². The number of nitrogens with zero attached hydrogens (tertiary/aromatic N) is 1. The maximum atomic E-state index is 13.7. The molecule has 0 aliphatic carbocycles. The number of nitrogens with one attached hydrogen (secondary N) is 3. The van der Waals surface area contributed by atoms with E-state index in [-0.39, 0.29) is 30.6 Å². The number of hydrogen-bond acceptors (Lipinski definition) is 8. The molecule has 43 heavy (non-hydrogen) atoms. The van der Waals surface area contributed by atoms with E-state index in [0.717, 1.165) is 4.90 Å². The summed E-state index contributed by atoms with van der Waals surface area (Å²) in [6.07, 6.45) is -0.0237. The molecule has 0 fully saturated rings. The van der Waals surface area contributed by atoms with Crippen LogP contribution in [0.1, 0.15) is 59.5 Å². The van der Waals surface area contributed by atoms with Gasteiger partial charge < -0.3 is 25.4 Å². The predicted octanol–water partition coefficient (Wildman–Crippen LogP) is 0.912. The minimum atomic E-state index is -1.29. The zero-order valence-electron chi connectivity index (χ0n) is 24.8. The number of ether oxygens (including phenoxy) is 2. The average Bonchev–Trinajstić information content (AvgIpc) is 3.21. The van der Waals surface area contributed by atoms with Crippen molar-refractivity contribution in [3.05, 3.63) is 70.8 Å². The van der Waals surface area contributed by atoms with Gasteiger partial charge in [0.1, 0.15) is 24.2 Å². The number of imide groups is 1. The smallest absolute Gasteiger partial charge is 0.328 e. The highest BCUT2D eigenvalue weighted by Gasteiger charge is 2.43. The maximum Gasteiger partial charge on any atom is 0.328 e. The Labute approximate surface area is 249 Å². The highest BCUT2D eigenvalue weighted by molar-refractivity contribution is 6.23. The number of hydrogen-bond donors (Lipinski definition) is 3. The van der Waals surface area contributed by atoms with Crippen LogP contribution in [0.3, 0.4) is 0 Å². The molecule has 0 saturated heterocycles. The molecular weight excluding hydrogens is 556 g/mol. The standard InChI is InChI=1S/C31H36N4O8/c1-17-25(36)34-23(16-43-31(2,3)4)26(37)33-22(30(41)42-5)14-18-9-8-10-19(13-18)15-24(27(38)32-17)35-28(39)20-11-6-7-12-21(20)29(35)40/h6-13,17,22-24H,14-16H2,1-5H3,(H,32,38)(H,33,37)(H,34,36)/t17-,22?,23?,24-/m0/s1. The van der Waals surface area contributed by atoms with Crippen molar-refractivity contribution in [2.24, 2.45) is 0 Å². The Morgan fingerprint density at radius 1 is 0.837 bits per heavy atom. The molecule has 2 bridgehead atoms. The zero-order chi connectivity index (χ0) is 31.5. The van der Waals surface area contributed by atoms with E-state index in [1.54, 1.807) is 57.2 Å². The topological polar surface area (TPSA) is 160 Å². The number of carbonyl (C=O) groups excluding carboxylic acids is 6. The SMILES string of the molecule is COC(=O)C1Cc2cccc(c2)C[C@H](N2C(=O)c3ccccc3C2=O)C(=O)N[C@@H](C)C(=O)NC(COC(C)(C)C)C(=O)N1. The molecule has 2 aliphatic rings. The lowest BCUT2D eigenvalue weighted by Gasteiger charge is -2.28. The van der Waals surface area contributed by atoms with Crippen molar-refractivity contribution in [3.63, 3.8) is 0 Å². The number of fused-ring (bicyclic) bond motifs is 3. The number of carbonyl (C=O) groups is 6. The summed E-state index contributed by atoms with van der Waals surface area (Å²) in [6, 6.07) is 8.43. The molecule has 0 saturated carbocycles. The van der Waals surface area contributed by atoms with E-state index in [0.29, 0.717) is 11.1 Å². The lowest BCUT2D eigenvalue weighted by molar-refractivity contribution is -0.146. The fourth-order valence-corrected chi connectivity index (χ4v) is 4.93. The number of esters is 1. The number of methoxy groups -OCH3 is 1. The van der Waals surface area contributed by atoms with Gasteiger partial charge in [-0.25, -0.2) is 4.79 Å². The average molecular weight is 593 g/mol. The molecule has 4 atom stereocenters. The van der Waals surface area contributed by atoms with Crippen molar-refractivity contribution >= 4 is 35.5 Å². The van der Waals surface area contributed by atoms with Gasteiger partial charge in [0.2, 0.25) is 17.7 Å². The molecule has 4 rings (SSSR count). The van der Waals surface area contributed by atoms with E-state index in [1.807, 2.05) is 0 Å². The van der Waals surface area contributed by atoms with E-state index >= 15 is 0 Å². The third-order valence-corrected chi connectivity index (χ3v) is 7.17. The van der Waals surface area contributed by atoms with E-state index in [1.165, 1.54) is 26.2 Å². The van der Waals surface area contributed by atoms with Crippen molar-refractivity contribution in [1.29, 1.82) is 0 Å². The molecule has 5 amide bonds. The first kappa shape index (κ1) is 31.4. The summed E-state index contributed by atoms with van der Waals surface area (Å²) in [4.78, 5) is 80.6. The number of rotatable bonds is 4. The van der Waals surface area contributed by atoms with Crippen LogP contribution in [0.4, 0.5) is 0 Å². The molecule has 2 aromatic rings. The van der Waals surface area contributed by atoms with E-state index < -0.39 is 65.3 Å². The van der Waals surface area contributed by atoms with Crippen LogP contribution in [0.2, 0.25) is 0 Å². The Hall–Kier alpha value is -4.58. The lowest BCUT2D eigenvalue weighted by atomic mass is 9.98. The monoisotopic (exact) mass is 592 g/mol. The van der Waals surface area contributed by atoms with Crippen molar-refractivity contribution in [2.45, 2.75) is 70.3 Å². The van der Waals surface area contributed by atoms with Gasteiger partial charge in [-0.1, -0.05) is 36.4 Å². The predicted molar refractivity (Wildman–Crippen MR) is 154 cm³/mol. The van der Waals surface area contributed by atoms with Gasteiger partial charge in [0.05, 0.1) is 30.4 Å². The second-order valence-corrected chi connectivity index (χ2v) is 11.6. The first-order valence-electron chi connectivity index (χ1n) is 14.0. The third-order valence-electron chi connectivity index (χ3n) is 7.17. The highest BCUT2D eigenvalue weighted by atomic mass is 16.5. The van der Waals surface area contributed by atoms with Gasteiger partial charge in [-0.05, 0) is 51.0 Å². The first-order valence-corrected chi connectivity index (χ1v) is 14.0. The van der Waals surface area contributed by atoms with Gasteiger partial charge in [-0.15, -0.1) is 0 Å². The Balaban J connectivity index is 1.74. The van der Waals surface area contributed by atoms with E-state index in [4.69, 9.17) is 9.47 Å². The number of benzene rings is 2. The summed E-state index contributed by atoms with van der Waals surface area (Å²) in [5, 5.41) is 7.85. The van der Waals surface area contributed by atoms with Crippen LogP contribution in [-0.2, 0) is 41.5 Å². The van der Waals surface area contributed by atoms with Gasteiger partial charge >= 0.3 is 5.97 Å². The molecule has 2 unspecified atom stereocenters. The Bertz CT molecular complexity index is 1410. The van der Waals surface area contributed by atoms with Crippen LogP contribution >= 0.6 is 0 Å². The maximum absolute atomic E-state index is 13.7. The van der Waals surface area contributed by atoms with Crippen molar-refractivity contribution in [1.82, 2.24) is 20.9 Å². The second kappa shape index (κ2) is 12.7. The van der Waals surface area contributed by atoms with Gasteiger partial charge in [-0.2, -0.15) is 0 Å². The van der Waals surface area contributed by atoms with Crippen LogP contribution in [0.5, 0.6) is 0 Å². The van der Waals surface area contributed by atoms with Crippen molar-refractivity contribution < 1.29 is 38.2 Å². The first-order chi connectivity index (χ1) is 20.3. The van der Waals surface area contributed by atoms with E-state index in [2.05, 4.69) is 16.0 Å². The second-order valence-electron chi connectivity index (χ2n) is 11.6. The van der Waals surface area contributed by atoms with E-state index in [9.17, 15) is 28.8 Å². The minimum absolute atomic E-state index is 0.0350. The van der Waals surface area contributed by atoms with Gasteiger partial charge in [0, 0.05) is 12.8 Å². The summed E-state index contributed by atoms with van der Waals surface area (Å²) in [5.41, 5.74) is 0.937. The summed E-state index contributed by atoms with van der Waals surface area (Å²) in [7, 11) is 1.20. The molecule has 12 heteroatoms. The molecule has 0 aromatic heterocycles. The van der Waals surface area contributed by atoms with Crippen LogP contribution in [0.15, 0.2) is 48.5 Å². The Morgan fingerprint density at radius 2 is 1.44 bits per heavy atom. The van der Waals surface area contributed by atoms with Gasteiger partial charge in [0.25, 0.3) is 11.8 Å². The Morgan fingerprint density at radius 3 is 2.02 bits per heavy atom. The normalized spacial score (nSPS) is 23.4.